The Morgan fingerprint density at radius 3 is 2.63 bits per heavy atom. The van der Waals surface area contributed by atoms with Crippen molar-refractivity contribution >= 4 is 45.9 Å². The summed E-state index contributed by atoms with van der Waals surface area (Å²) < 4.78 is 40.6. The van der Waals surface area contributed by atoms with Crippen LogP contribution in [0.5, 0.6) is 11.6 Å². The summed E-state index contributed by atoms with van der Waals surface area (Å²) in [5, 5.41) is 7.14. The molecule has 14 nitrogen and oxygen atoms in total. The highest BCUT2D eigenvalue weighted by Crippen LogP contribution is 2.46. The molecule has 15 heteroatoms. The Kier molecular flexibility index (Phi) is 11.6. The number of hydrogen-bond donors (Lipinski definition) is 4. The standard InChI is InChI=1S/C36H49N5O9S/c1-7-22-17-21(2)11-8-9-12-23-19-36(23,33(44)40-51(46)47)39-30(42)27-18-24(20-41(27)32(43)29(22)38-34(45)50-35(3,4)5)49-31-26-13-10-14-28(48-6)25(26)15-16-37-31/h9-10,12-16,21-24,27,29H,7-8,11,17-20H2,1-6H3,(H,38,45)(H,39,42)(H,40,44)(H,46,47). The van der Waals surface area contributed by atoms with Crippen LogP contribution in [0.1, 0.15) is 73.1 Å². The van der Waals surface area contributed by atoms with Crippen LogP contribution in [0.3, 0.4) is 0 Å². The van der Waals surface area contributed by atoms with Crippen molar-refractivity contribution in [2.24, 2.45) is 17.8 Å². The number of nitrogens with one attached hydrogen (secondary N) is 3. The van der Waals surface area contributed by atoms with Gasteiger partial charge in [-0.15, -0.1) is 0 Å². The highest BCUT2D eigenvalue weighted by molar-refractivity contribution is 7.77. The van der Waals surface area contributed by atoms with Crippen LogP contribution in [0, 0.1) is 17.8 Å². The first-order chi connectivity index (χ1) is 24.2. The Balaban J connectivity index is 1.53. The second-order valence-corrected chi connectivity index (χ2v) is 15.4. The van der Waals surface area contributed by atoms with E-state index in [2.05, 4.69) is 22.5 Å². The highest BCUT2D eigenvalue weighted by atomic mass is 32.2. The summed E-state index contributed by atoms with van der Waals surface area (Å²) in [7, 11) is 1.57. The van der Waals surface area contributed by atoms with Crippen molar-refractivity contribution in [3.63, 3.8) is 0 Å². The summed E-state index contributed by atoms with van der Waals surface area (Å²) in [6.45, 7) is 9.25. The molecule has 278 valence electrons. The van der Waals surface area contributed by atoms with Crippen molar-refractivity contribution in [2.45, 2.75) is 102 Å². The summed E-state index contributed by atoms with van der Waals surface area (Å²) in [5.41, 5.74) is -2.29. The molecule has 4 amide bonds. The van der Waals surface area contributed by atoms with Gasteiger partial charge in [0.2, 0.25) is 17.7 Å². The molecule has 8 unspecified atom stereocenters. The number of alkyl carbamates (subject to hydrolysis) is 1. The van der Waals surface area contributed by atoms with E-state index in [1.54, 1.807) is 40.1 Å². The minimum absolute atomic E-state index is 0.0133. The van der Waals surface area contributed by atoms with Gasteiger partial charge in [-0.05, 0) is 76.5 Å². The van der Waals surface area contributed by atoms with Gasteiger partial charge in [0.25, 0.3) is 17.2 Å². The van der Waals surface area contributed by atoms with Crippen molar-refractivity contribution < 1.29 is 42.2 Å². The Labute approximate surface area is 300 Å². The largest absolute Gasteiger partial charge is 0.496 e. The first kappa shape index (κ1) is 38.0. The van der Waals surface area contributed by atoms with E-state index >= 15 is 0 Å². The number of benzene rings is 1. The molecule has 4 N–H and O–H groups in total. The lowest BCUT2D eigenvalue weighted by Gasteiger charge is -2.34. The molecule has 8 atom stereocenters. The molecule has 0 bridgehead atoms. The number of ether oxygens (including phenoxy) is 3. The minimum Gasteiger partial charge on any atom is -0.496 e. The number of carbonyl (C=O) groups excluding carboxylic acids is 4. The Bertz CT molecular complexity index is 1700. The van der Waals surface area contributed by atoms with E-state index in [0.29, 0.717) is 36.3 Å². The maximum atomic E-state index is 14.8. The zero-order valence-corrected chi connectivity index (χ0v) is 30.8. The molecule has 0 radical (unpaired) electrons. The van der Waals surface area contributed by atoms with E-state index in [-0.39, 0.29) is 31.2 Å². The molecule has 2 aliphatic heterocycles. The number of carbonyl (C=O) groups is 4. The summed E-state index contributed by atoms with van der Waals surface area (Å²) in [4.78, 5) is 61.4. The molecule has 2 fully saturated rings. The van der Waals surface area contributed by atoms with Crippen LogP contribution in [-0.2, 0) is 30.4 Å². The van der Waals surface area contributed by atoms with E-state index in [9.17, 15) is 27.9 Å². The smallest absolute Gasteiger partial charge is 0.408 e. The van der Waals surface area contributed by atoms with Gasteiger partial charge in [0.15, 0.2) is 0 Å². The van der Waals surface area contributed by atoms with Crippen LogP contribution < -0.4 is 24.8 Å². The van der Waals surface area contributed by atoms with Crippen molar-refractivity contribution in [1.29, 1.82) is 0 Å². The van der Waals surface area contributed by atoms with Crippen LogP contribution in [0.2, 0.25) is 0 Å². The van der Waals surface area contributed by atoms with Crippen molar-refractivity contribution in [2.75, 3.05) is 13.7 Å². The second kappa shape index (κ2) is 15.6. The molecule has 1 aromatic heterocycles. The molecule has 0 spiro atoms. The lowest BCUT2D eigenvalue weighted by Crippen LogP contribution is -2.59. The third kappa shape index (κ3) is 8.80. The van der Waals surface area contributed by atoms with Crippen LogP contribution in [-0.4, -0.2) is 85.4 Å². The van der Waals surface area contributed by atoms with Crippen molar-refractivity contribution in [1.82, 2.24) is 25.2 Å². The summed E-state index contributed by atoms with van der Waals surface area (Å²) in [6, 6.07) is 5.15. The molecule has 3 heterocycles. The van der Waals surface area contributed by atoms with Gasteiger partial charge in [-0.2, -0.15) is 0 Å². The quantitative estimate of drug-likeness (QED) is 0.240. The van der Waals surface area contributed by atoms with Crippen LogP contribution in [0.25, 0.3) is 10.8 Å². The Hall–Kier alpha value is -4.24. The third-order valence-corrected chi connectivity index (χ3v) is 10.2. The van der Waals surface area contributed by atoms with E-state index in [1.165, 1.54) is 4.90 Å². The third-order valence-electron chi connectivity index (χ3n) is 9.86. The normalized spacial score (nSPS) is 29.0. The molecular weight excluding hydrogens is 678 g/mol. The van der Waals surface area contributed by atoms with Gasteiger partial charge in [-0.25, -0.2) is 18.7 Å². The molecule has 3 aliphatic rings. The molecule has 1 aliphatic carbocycles. The summed E-state index contributed by atoms with van der Waals surface area (Å²) in [6.07, 6.45) is 6.90. The molecular formula is C36H49N5O9S. The summed E-state index contributed by atoms with van der Waals surface area (Å²) >= 11 is -2.65. The van der Waals surface area contributed by atoms with E-state index in [0.717, 1.165) is 11.8 Å². The average molecular weight is 728 g/mol. The predicted molar refractivity (Wildman–Crippen MR) is 190 cm³/mol. The van der Waals surface area contributed by atoms with Gasteiger partial charge < -0.3 is 29.7 Å². The van der Waals surface area contributed by atoms with Gasteiger partial charge in [-0.1, -0.05) is 38.5 Å². The number of allylic oxidation sites excluding steroid dienone is 1. The van der Waals surface area contributed by atoms with Crippen molar-refractivity contribution in [3.05, 3.63) is 42.6 Å². The second-order valence-electron chi connectivity index (χ2n) is 14.7. The number of methoxy groups -OCH3 is 1. The minimum atomic E-state index is -2.65. The topological polar surface area (TPSA) is 185 Å². The van der Waals surface area contributed by atoms with Crippen LogP contribution in [0.15, 0.2) is 42.6 Å². The maximum Gasteiger partial charge on any atom is 0.408 e. The van der Waals surface area contributed by atoms with E-state index in [1.807, 2.05) is 42.0 Å². The number of hydrogen-bond acceptors (Lipinski definition) is 9. The first-order valence-corrected chi connectivity index (χ1v) is 18.5. The van der Waals surface area contributed by atoms with Crippen LogP contribution in [0.4, 0.5) is 4.79 Å². The molecule has 1 aromatic carbocycles. The van der Waals surface area contributed by atoms with Gasteiger partial charge in [0.1, 0.15) is 35.1 Å². The average Bonchev–Trinajstić information content (AvgIpc) is 3.59. The maximum absolute atomic E-state index is 14.8. The van der Waals surface area contributed by atoms with Gasteiger partial charge >= 0.3 is 6.09 Å². The van der Waals surface area contributed by atoms with Gasteiger partial charge in [-0.3, -0.25) is 18.9 Å². The van der Waals surface area contributed by atoms with Gasteiger partial charge in [0.05, 0.1) is 13.7 Å². The molecule has 2 aromatic rings. The highest BCUT2D eigenvalue weighted by Gasteiger charge is 2.61. The lowest BCUT2D eigenvalue weighted by atomic mass is 9.85. The monoisotopic (exact) mass is 727 g/mol. The Morgan fingerprint density at radius 2 is 1.94 bits per heavy atom. The first-order valence-electron chi connectivity index (χ1n) is 17.4. The molecule has 5 rings (SSSR count). The van der Waals surface area contributed by atoms with Crippen molar-refractivity contribution in [3.8, 4) is 11.6 Å². The lowest BCUT2D eigenvalue weighted by molar-refractivity contribution is -0.142. The Morgan fingerprint density at radius 1 is 1.18 bits per heavy atom. The molecule has 1 saturated carbocycles. The van der Waals surface area contributed by atoms with E-state index < -0.39 is 70.3 Å². The zero-order valence-electron chi connectivity index (χ0n) is 30.0. The number of amides is 4. The number of fused-ring (bicyclic) bond motifs is 3. The zero-order chi connectivity index (χ0) is 37.1. The number of nitrogens with zero attached hydrogens (tertiary/aromatic N) is 2. The molecule has 51 heavy (non-hydrogen) atoms. The number of aromatic nitrogens is 1. The SMILES string of the molecule is CCC1CC(C)CCC=CC2CC2(C(=O)NS(=O)O)NC(=O)C2CC(Oc3nccc4c(OC)cccc34)CN2C(=O)C1NC(=O)OC(C)(C)C. The predicted octanol–water partition coefficient (Wildman–Crippen LogP) is 4.02. The van der Waals surface area contributed by atoms with Crippen LogP contribution >= 0.6 is 0 Å². The van der Waals surface area contributed by atoms with E-state index in [4.69, 9.17) is 14.2 Å². The van der Waals surface area contributed by atoms with Gasteiger partial charge in [0, 0.05) is 29.3 Å². The summed E-state index contributed by atoms with van der Waals surface area (Å²) in [5.74, 6) is -1.49. The number of pyridine rings is 1. The fourth-order valence-electron chi connectivity index (χ4n) is 7.22. The fourth-order valence-corrected chi connectivity index (χ4v) is 7.56. The number of rotatable bonds is 7. The fraction of sp³-hybridized carbons (Fsp3) is 0.583. The molecule has 1 saturated heterocycles.